The first-order valence-corrected chi connectivity index (χ1v) is 9.77. The van der Waals surface area contributed by atoms with Gasteiger partial charge in [0.25, 0.3) is 5.91 Å². The molecule has 0 aliphatic heterocycles. The zero-order valence-corrected chi connectivity index (χ0v) is 17.4. The topological polar surface area (TPSA) is 63.8 Å². The molecule has 0 aliphatic carbocycles. The summed E-state index contributed by atoms with van der Waals surface area (Å²) in [6.45, 7) is 0. The first-order valence-electron chi connectivity index (χ1n) is 9.01. The van der Waals surface area contributed by atoms with Crippen LogP contribution in [0, 0.1) is 0 Å². The van der Waals surface area contributed by atoms with Gasteiger partial charge in [0, 0.05) is 5.56 Å². The monoisotopic (exact) mass is 438 g/mol. The van der Waals surface area contributed by atoms with Gasteiger partial charge in [-0.2, -0.15) is 5.10 Å². The molecule has 5 nitrogen and oxygen atoms in total. The summed E-state index contributed by atoms with van der Waals surface area (Å²) in [4.78, 5) is 12.6. The Morgan fingerprint density at radius 3 is 2.57 bits per heavy atom. The third-order valence-corrected chi connectivity index (χ3v) is 5.33. The van der Waals surface area contributed by atoms with Crippen LogP contribution in [-0.2, 0) is 0 Å². The maximum atomic E-state index is 12.6. The first-order chi connectivity index (χ1) is 14.6. The number of nitrogens with one attached hydrogen (secondary N) is 1. The highest BCUT2D eigenvalue weighted by Gasteiger charge is 2.14. The van der Waals surface area contributed by atoms with Crippen molar-refractivity contribution in [1.82, 2.24) is 5.43 Å². The Morgan fingerprint density at radius 2 is 1.80 bits per heavy atom. The van der Waals surface area contributed by atoms with E-state index in [1.165, 1.54) is 13.3 Å². The summed E-state index contributed by atoms with van der Waals surface area (Å²) in [6.07, 6.45) is 1.41. The van der Waals surface area contributed by atoms with E-state index in [4.69, 9.17) is 32.4 Å². The normalized spacial score (nSPS) is 11.2. The summed E-state index contributed by atoms with van der Waals surface area (Å²) >= 11 is 12.3. The molecule has 1 N–H and O–H groups in total. The van der Waals surface area contributed by atoms with Crippen LogP contribution in [0.15, 0.2) is 76.2 Å². The molecular formula is C23H16Cl2N2O3. The van der Waals surface area contributed by atoms with Gasteiger partial charge in [-0.1, -0.05) is 53.5 Å². The molecule has 0 spiro atoms. The minimum atomic E-state index is -0.390. The van der Waals surface area contributed by atoms with Crippen LogP contribution >= 0.6 is 23.2 Å². The molecule has 30 heavy (non-hydrogen) atoms. The van der Waals surface area contributed by atoms with Gasteiger partial charge in [-0.3, -0.25) is 4.79 Å². The third kappa shape index (κ3) is 4.03. The number of ether oxygens (including phenoxy) is 1. The number of hydrogen-bond acceptors (Lipinski definition) is 4. The van der Waals surface area contributed by atoms with E-state index in [1.54, 1.807) is 30.3 Å². The second kappa shape index (κ2) is 8.61. The van der Waals surface area contributed by atoms with Crippen molar-refractivity contribution in [1.29, 1.82) is 0 Å². The Hall–Kier alpha value is -3.28. The third-order valence-electron chi connectivity index (χ3n) is 4.51. The first kappa shape index (κ1) is 20.0. The van der Waals surface area contributed by atoms with Crippen molar-refractivity contribution in [3.05, 3.63) is 88.1 Å². The van der Waals surface area contributed by atoms with Crippen molar-refractivity contribution in [2.75, 3.05) is 7.11 Å². The number of fused-ring (bicyclic) bond motifs is 1. The Labute approximate surface area is 182 Å². The van der Waals surface area contributed by atoms with Gasteiger partial charge in [-0.15, -0.1) is 0 Å². The molecule has 150 valence electrons. The van der Waals surface area contributed by atoms with Crippen LogP contribution in [0.4, 0.5) is 0 Å². The number of carbonyl (C=O) groups is 1. The molecule has 4 rings (SSSR count). The zero-order valence-electron chi connectivity index (χ0n) is 15.9. The summed E-state index contributed by atoms with van der Waals surface area (Å²) < 4.78 is 11.1. The zero-order chi connectivity index (χ0) is 21.1. The van der Waals surface area contributed by atoms with Crippen LogP contribution in [0.5, 0.6) is 5.75 Å². The number of benzene rings is 3. The number of halogens is 2. The van der Waals surface area contributed by atoms with Gasteiger partial charge in [0.15, 0.2) is 0 Å². The number of hydrogen-bond donors (Lipinski definition) is 1. The van der Waals surface area contributed by atoms with Crippen molar-refractivity contribution in [3.8, 4) is 17.1 Å². The van der Waals surface area contributed by atoms with Crippen molar-refractivity contribution < 1.29 is 13.9 Å². The Morgan fingerprint density at radius 1 is 1.03 bits per heavy atom. The van der Waals surface area contributed by atoms with E-state index in [9.17, 15) is 4.79 Å². The van der Waals surface area contributed by atoms with E-state index in [2.05, 4.69) is 10.5 Å². The van der Waals surface area contributed by atoms with Crippen molar-refractivity contribution in [2.45, 2.75) is 0 Å². The van der Waals surface area contributed by atoms with E-state index >= 15 is 0 Å². The summed E-state index contributed by atoms with van der Waals surface area (Å²) in [5.41, 5.74) is 3.56. The molecule has 1 amide bonds. The van der Waals surface area contributed by atoms with Gasteiger partial charge in [-0.05, 0) is 47.2 Å². The highest BCUT2D eigenvalue weighted by molar-refractivity contribution is 6.43. The summed E-state index contributed by atoms with van der Waals surface area (Å²) in [7, 11) is 1.52. The Bertz CT molecular complexity index is 1260. The van der Waals surface area contributed by atoms with Gasteiger partial charge in [0.05, 0.1) is 28.9 Å². The van der Waals surface area contributed by atoms with E-state index in [0.29, 0.717) is 38.4 Å². The minimum absolute atomic E-state index is 0.388. The molecule has 7 heteroatoms. The highest BCUT2D eigenvalue weighted by atomic mass is 35.5. The fourth-order valence-corrected chi connectivity index (χ4v) is 3.44. The van der Waals surface area contributed by atoms with Crippen LogP contribution in [0.1, 0.15) is 16.1 Å². The van der Waals surface area contributed by atoms with Crippen molar-refractivity contribution in [3.63, 3.8) is 0 Å². The number of methoxy groups -OCH3 is 1. The van der Waals surface area contributed by atoms with Crippen LogP contribution in [0.2, 0.25) is 10.0 Å². The van der Waals surface area contributed by atoms with Crippen molar-refractivity contribution >= 4 is 46.1 Å². The molecule has 0 aliphatic rings. The number of rotatable bonds is 5. The number of carbonyl (C=O) groups excluding carboxylic acids is 1. The molecule has 0 bridgehead atoms. The van der Waals surface area contributed by atoms with Crippen molar-refractivity contribution in [2.24, 2.45) is 5.10 Å². The molecule has 0 atom stereocenters. The fourth-order valence-electron chi connectivity index (χ4n) is 3.04. The highest BCUT2D eigenvalue weighted by Crippen LogP contribution is 2.34. The Balaban J connectivity index is 1.51. The van der Waals surface area contributed by atoms with E-state index in [-0.39, 0.29) is 0 Å². The Kier molecular flexibility index (Phi) is 5.74. The predicted molar refractivity (Wildman–Crippen MR) is 120 cm³/mol. The van der Waals surface area contributed by atoms with Crippen LogP contribution in [0.25, 0.3) is 22.1 Å². The summed E-state index contributed by atoms with van der Waals surface area (Å²) in [6, 6.07) is 20.1. The maximum absolute atomic E-state index is 12.6. The standard InChI is InChI=1S/C23H16Cl2N2O3/c1-29-21-12-15-6-3-2-5-14(15)11-18(21)23(28)27-26-13-16-9-10-20(30-16)17-7-4-8-19(24)22(17)25/h2-13H,1H3,(H,27,28). The quantitative estimate of drug-likeness (QED) is 0.298. The lowest BCUT2D eigenvalue weighted by atomic mass is 10.1. The largest absolute Gasteiger partial charge is 0.496 e. The number of amides is 1. The van der Waals surface area contributed by atoms with Gasteiger partial charge in [0.1, 0.15) is 17.3 Å². The SMILES string of the molecule is COc1cc2ccccc2cc1C(=O)NN=Cc1ccc(-c2cccc(Cl)c2Cl)o1. The lowest BCUT2D eigenvalue weighted by molar-refractivity contribution is 0.0952. The van der Waals surface area contributed by atoms with Crippen LogP contribution in [-0.4, -0.2) is 19.2 Å². The minimum Gasteiger partial charge on any atom is -0.496 e. The molecule has 4 aromatic rings. The second-order valence-electron chi connectivity index (χ2n) is 6.40. The fraction of sp³-hybridized carbons (Fsp3) is 0.0435. The van der Waals surface area contributed by atoms with Gasteiger partial charge in [-0.25, -0.2) is 5.43 Å². The van der Waals surface area contributed by atoms with Gasteiger partial charge >= 0.3 is 0 Å². The lowest BCUT2D eigenvalue weighted by Crippen LogP contribution is -2.18. The number of furan rings is 1. The molecule has 3 aromatic carbocycles. The molecule has 0 radical (unpaired) electrons. The molecule has 1 heterocycles. The summed E-state index contributed by atoms with van der Waals surface area (Å²) in [5, 5.41) is 6.76. The molecule has 0 unspecified atom stereocenters. The average molecular weight is 439 g/mol. The average Bonchev–Trinajstić information content (AvgIpc) is 3.23. The summed E-state index contributed by atoms with van der Waals surface area (Å²) in [5.74, 6) is 1.08. The number of nitrogens with zero attached hydrogens (tertiary/aromatic N) is 1. The smallest absolute Gasteiger partial charge is 0.275 e. The van der Waals surface area contributed by atoms with Gasteiger partial charge < -0.3 is 9.15 Å². The van der Waals surface area contributed by atoms with Gasteiger partial charge in [0.2, 0.25) is 0 Å². The molecular weight excluding hydrogens is 423 g/mol. The van der Waals surface area contributed by atoms with E-state index in [1.807, 2.05) is 36.4 Å². The molecule has 0 saturated carbocycles. The van der Waals surface area contributed by atoms with Crippen LogP contribution in [0.3, 0.4) is 0 Å². The maximum Gasteiger partial charge on any atom is 0.275 e. The molecule has 0 fully saturated rings. The van der Waals surface area contributed by atoms with Crippen LogP contribution < -0.4 is 10.2 Å². The number of hydrazone groups is 1. The van der Waals surface area contributed by atoms with E-state index < -0.39 is 5.91 Å². The van der Waals surface area contributed by atoms with E-state index in [0.717, 1.165) is 10.8 Å². The predicted octanol–water partition coefficient (Wildman–Crippen LogP) is 6.18. The molecule has 0 saturated heterocycles. The second-order valence-corrected chi connectivity index (χ2v) is 7.19. The lowest BCUT2D eigenvalue weighted by Gasteiger charge is -2.09. The molecule has 1 aromatic heterocycles.